The van der Waals surface area contributed by atoms with Crippen LogP contribution in [0.15, 0.2) is 27.5 Å². The van der Waals surface area contributed by atoms with Gasteiger partial charge in [0.25, 0.3) is 11.3 Å². The monoisotopic (exact) mass is 408 g/mol. The molecule has 0 atom stereocenters. The summed E-state index contributed by atoms with van der Waals surface area (Å²) < 4.78 is 23.9. The minimum absolute atomic E-state index is 0.00891. The number of halogens is 2. The van der Waals surface area contributed by atoms with Crippen molar-refractivity contribution in [2.24, 2.45) is 0 Å². The van der Waals surface area contributed by atoms with Crippen molar-refractivity contribution in [3.63, 3.8) is 0 Å². The number of benzene rings is 1. The Morgan fingerprint density at radius 2 is 2.14 bits per heavy atom. The smallest absolute Gasteiger partial charge is 0.361 e. The van der Waals surface area contributed by atoms with Gasteiger partial charge < -0.3 is 14.6 Å². The molecule has 1 amide bonds. The molecular formula is C17H14ClFN4O5. The van der Waals surface area contributed by atoms with Gasteiger partial charge in [-0.15, -0.1) is 0 Å². The quantitative estimate of drug-likeness (QED) is 0.644. The number of aryl methyl sites for hydroxylation is 1. The van der Waals surface area contributed by atoms with E-state index in [-0.39, 0.29) is 39.9 Å². The lowest BCUT2D eigenvalue weighted by molar-refractivity contribution is -0.116. The highest BCUT2D eigenvalue weighted by atomic mass is 35.5. The van der Waals surface area contributed by atoms with Crippen LogP contribution in [0.3, 0.4) is 0 Å². The highest BCUT2D eigenvalue weighted by Gasteiger charge is 2.24. The van der Waals surface area contributed by atoms with E-state index < -0.39 is 29.8 Å². The molecule has 9 nitrogen and oxygen atoms in total. The van der Waals surface area contributed by atoms with Crippen LogP contribution >= 0.6 is 11.6 Å². The van der Waals surface area contributed by atoms with Crippen molar-refractivity contribution in [1.82, 2.24) is 14.7 Å². The van der Waals surface area contributed by atoms with E-state index in [2.05, 4.69) is 15.5 Å². The fraction of sp³-hybridized carbons (Fsp3) is 0.235. The van der Waals surface area contributed by atoms with Crippen LogP contribution in [0.25, 0.3) is 11.1 Å². The number of nitrogens with one attached hydrogen (secondary N) is 1. The molecule has 0 spiro atoms. The predicted molar refractivity (Wildman–Crippen MR) is 96.8 cm³/mol. The second-order valence-electron chi connectivity index (χ2n) is 5.65. The number of aromatic nitrogens is 3. The first-order valence-electron chi connectivity index (χ1n) is 8.10. The molecule has 2 aromatic heterocycles. The van der Waals surface area contributed by atoms with Crippen molar-refractivity contribution in [1.29, 1.82) is 0 Å². The molecule has 2 heterocycles. The molecule has 1 N–H and O–H groups in total. The average molecular weight is 409 g/mol. The Kier molecular flexibility index (Phi) is 5.41. The Hall–Kier alpha value is -3.27. The van der Waals surface area contributed by atoms with E-state index in [0.29, 0.717) is 0 Å². The maximum atomic E-state index is 13.1. The summed E-state index contributed by atoms with van der Waals surface area (Å²) in [5.41, 5.74) is -0.953. The predicted octanol–water partition coefficient (Wildman–Crippen LogP) is 2.30. The molecular weight excluding hydrogens is 395 g/mol. The standard InChI is InChI=1S/C17H14ClFN4O5/c1-3-27-17(26)14-13-15(28-22-14)20-8(2)23(16(13)25)7-12(24)21-11-5-4-9(19)6-10(11)18/h4-6H,3,7H2,1-2H3,(H,21,24). The van der Waals surface area contributed by atoms with Gasteiger partial charge in [-0.25, -0.2) is 9.18 Å². The lowest BCUT2D eigenvalue weighted by atomic mass is 10.3. The Morgan fingerprint density at radius 1 is 1.39 bits per heavy atom. The fourth-order valence-electron chi connectivity index (χ4n) is 2.49. The van der Waals surface area contributed by atoms with Crippen LogP contribution in [0.5, 0.6) is 0 Å². The molecule has 0 saturated heterocycles. The van der Waals surface area contributed by atoms with Crippen LogP contribution in [0.2, 0.25) is 5.02 Å². The number of hydrogen-bond acceptors (Lipinski definition) is 7. The number of fused-ring (bicyclic) bond motifs is 1. The SMILES string of the molecule is CCOC(=O)c1noc2nc(C)n(CC(=O)Nc3ccc(F)cc3Cl)c(=O)c12. The van der Waals surface area contributed by atoms with Crippen molar-refractivity contribution in [2.75, 3.05) is 11.9 Å². The molecule has 11 heteroatoms. The largest absolute Gasteiger partial charge is 0.461 e. The molecule has 0 aliphatic carbocycles. The first kappa shape index (κ1) is 19.5. The van der Waals surface area contributed by atoms with Crippen LogP contribution in [0, 0.1) is 12.7 Å². The Balaban J connectivity index is 1.94. The number of rotatable bonds is 5. The summed E-state index contributed by atoms with van der Waals surface area (Å²) >= 11 is 5.88. The Labute approximate surface area is 162 Å². The Bertz CT molecular complexity index is 1140. The van der Waals surface area contributed by atoms with Gasteiger partial charge in [0.2, 0.25) is 11.6 Å². The van der Waals surface area contributed by atoms with Crippen molar-refractivity contribution in [2.45, 2.75) is 20.4 Å². The van der Waals surface area contributed by atoms with E-state index in [1.807, 2.05) is 0 Å². The number of anilines is 1. The number of carbonyl (C=O) groups excluding carboxylic acids is 2. The summed E-state index contributed by atoms with van der Waals surface area (Å²) in [5.74, 6) is -1.82. The fourth-order valence-corrected chi connectivity index (χ4v) is 2.70. The summed E-state index contributed by atoms with van der Waals surface area (Å²) in [4.78, 5) is 41.1. The van der Waals surface area contributed by atoms with Crippen molar-refractivity contribution < 1.29 is 23.2 Å². The van der Waals surface area contributed by atoms with E-state index in [4.69, 9.17) is 20.9 Å². The van der Waals surface area contributed by atoms with Crippen LogP contribution in [0.1, 0.15) is 23.2 Å². The minimum atomic E-state index is -0.835. The van der Waals surface area contributed by atoms with Crippen molar-refractivity contribution >= 4 is 40.3 Å². The van der Waals surface area contributed by atoms with E-state index in [1.54, 1.807) is 6.92 Å². The molecule has 0 aliphatic heterocycles. The molecule has 0 fully saturated rings. The number of carbonyl (C=O) groups is 2. The molecule has 0 radical (unpaired) electrons. The number of ether oxygens (including phenoxy) is 1. The molecule has 0 aliphatic rings. The van der Waals surface area contributed by atoms with Gasteiger partial charge in [0.05, 0.1) is 17.3 Å². The maximum absolute atomic E-state index is 13.1. The highest BCUT2D eigenvalue weighted by Crippen LogP contribution is 2.22. The topological polar surface area (TPSA) is 116 Å². The van der Waals surface area contributed by atoms with Crippen LogP contribution in [-0.2, 0) is 16.1 Å². The van der Waals surface area contributed by atoms with E-state index in [0.717, 1.165) is 16.7 Å². The Morgan fingerprint density at radius 3 is 2.82 bits per heavy atom. The second-order valence-corrected chi connectivity index (χ2v) is 6.06. The van der Waals surface area contributed by atoms with Gasteiger partial charge in [-0.2, -0.15) is 4.98 Å². The van der Waals surface area contributed by atoms with E-state index in [1.165, 1.54) is 13.0 Å². The van der Waals surface area contributed by atoms with Gasteiger partial charge in [-0.05, 0) is 32.0 Å². The molecule has 3 rings (SSSR count). The van der Waals surface area contributed by atoms with E-state index >= 15 is 0 Å². The van der Waals surface area contributed by atoms with E-state index in [9.17, 15) is 18.8 Å². The second kappa shape index (κ2) is 7.77. The molecule has 1 aromatic carbocycles. The van der Waals surface area contributed by atoms with Gasteiger partial charge in [0.15, 0.2) is 0 Å². The lowest BCUT2D eigenvalue weighted by Crippen LogP contribution is -2.30. The van der Waals surface area contributed by atoms with Gasteiger partial charge >= 0.3 is 5.97 Å². The minimum Gasteiger partial charge on any atom is -0.461 e. The van der Waals surface area contributed by atoms with Crippen LogP contribution in [0.4, 0.5) is 10.1 Å². The van der Waals surface area contributed by atoms with Crippen LogP contribution in [-0.4, -0.2) is 33.2 Å². The summed E-state index contributed by atoms with van der Waals surface area (Å²) in [7, 11) is 0. The summed E-state index contributed by atoms with van der Waals surface area (Å²) in [6, 6.07) is 3.48. The molecule has 0 saturated carbocycles. The zero-order valence-electron chi connectivity index (χ0n) is 14.8. The lowest BCUT2D eigenvalue weighted by Gasteiger charge is -2.10. The third kappa shape index (κ3) is 3.72. The summed E-state index contributed by atoms with van der Waals surface area (Å²) in [6.45, 7) is 2.76. The maximum Gasteiger partial charge on any atom is 0.361 e. The van der Waals surface area contributed by atoms with Gasteiger partial charge in [0, 0.05) is 0 Å². The molecule has 0 bridgehead atoms. The molecule has 28 heavy (non-hydrogen) atoms. The van der Waals surface area contributed by atoms with Gasteiger partial charge in [0.1, 0.15) is 23.6 Å². The molecule has 146 valence electrons. The first-order chi connectivity index (χ1) is 13.3. The highest BCUT2D eigenvalue weighted by molar-refractivity contribution is 6.33. The first-order valence-corrected chi connectivity index (χ1v) is 8.48. The van der Waals surface area contributed by atoms with Crippen molar-refractivity contribution in [3.05, 3.63) is 50.9 Å². The number of nitrogens with zero attached hydrogens (tertiary/aromatic N) is 3. The van der Waals surface area contributed by atoms with Gasteiger partial charge in [-0.1, -0.05) is 16.8 Å². The number of hydrogen-bond donors (Lipinski definition) is 1. The van der Waals surface area contributed by atoms with Gasteiger partial charge in [-0.3, -0.25) is 14.2 Å². The van der Waals surface area contributed by atoms with Crippen LogP contribution < -0.4 is 10.9 Å². The average Bonchev–Trinajstić information content (AvgIpc) is 3.05. The zero-order valence-corrected chi connectivity index (χ0v) is 15.5. The summed E-state index contributed by atoms with van der Waals surface area (Å²) in [6.07, 6.45) is 0. The van der Waals surface area contributed by atoms with Crippen molar-refractivity contribution in [3.8, 4) is 0 Å². The number of esters is 1. The summed E-state index contributed by atoms with van der Waals surface area (Å²) in [5, 5.41) is 5.85. The third-order valence-electron chi connectivity index (χ3n) is 3.76. The number of amides is 1. The third-order valence-corrected chi connectivity index (χ3v) is 4.08. The normalized spacial score (nSPS) is 10.9. The zero-order chi connectivity index (χ0) is 20.4. The molecule has 3 aromatic rings. The molecule has 0 unspecified atom stereocenters.